The number of para-hydroxylation sites is 1. The van der Waals surface area contributed by atoms with Crippen LogP contribution < -0.4 is 15.5 Å². The summed E-state index contributed by atoms with van der Waals surface area (Å²) in [7, 11) is 0. The maximum absolute atomic E-state index is 12.2. The van der Waals surface area contributed by atoms with Gasteiger partial charge >= 0.3 is 0 Å². The Morgan fingerprint density at radius 2 is 1.81 bits per heavy atom. The van der Waals surface area contributed by atoms with Gasteiger partial charge in [-0.15, -0.1) is 37.2 Å². The summed E-state index contributed by atoms with van der Waals surface area (Å²) in [5.41, 5.74) is 1.31. The number of rotatable bonds is 5. The van der Waals surface area contributed by atoms with Crippen LogP contribution in [0, 0.1) is 5.92 Å². The van der Waals surface area contributed by atoms with Crippen molar-refractivity contribution >= 4 is 48.8 Å². The minimum Gasteiger partial charge on any atom is -0.369 e. The van der Waals surface area contributed by atoms with Gasteiger partial charge in [0.05, 0.1) is 5.92 Å². The number of benzene rings is 1. The lowest BCUT2D eigenvalue weighted by molar-refractivity contribution is -0.125. The summed E-state index contributed by atoms with van der Waals surface area (Å²) in [6.45, 7) is 9.06. The van der Waals surface area contributed by atoms with Crippen molar-refractivity contribution < 1.29 is 4.79 Å². The van der Waals surface area contributed by atoms with E-state index in [1.54, 1.807) is 0 Å². The Labute approximate surface area is 175 Å². The summed E-state index contributed by atoms with van der Waals surface area (Å²) >= 11 is 0. The van der Waals surface area contributed by atoms with Crippen molar-refractivity contribution in [3.05, 3.63) is 30.3 Å². The molecule has 1 amide bonds. The number of carbonyl (C=O) groups excluding carboxylic acids is 1. The van der Waals surface area contributed by atoms with Crippen LogP contribution >= 0.6 is 37.2 Å². The Morgan fingerprint density at radius 3 is 2.38 bits per heavy atom. The fraction of sp³-hybridized carbons (Fsp3) is 0.611. The Hall–Kier alpha value is -0.720. The highest BCUT2D eigenvalue weighted by atomic mass is 35.5. The Morgan fingerprint density at radius 1 is 1.15 bits per heavy atom. The lowest BCUT2D eigenvalue weighted by Crippen LogP contribution is -2.51. The molecule has 0 bridgehead atoms. The van der Waals surface area contributed by atoms with E-state index in [-0.39, 0.29) is 55.1 Å². The molecule has 0 saturated carbocycles. The first kappa shape index (κ1) is 25.3. The molecule has 2 aliphatic rings. The fourth-order valence-corrected chi connectivity index (χ4v) is 3.50. The standard InChI is InChI=1S/C18H28N4O.3ClH/c1-15(20-18(23)16-7-8-19-13-16)14-21-9-11-22(12-10-21)17-5-3-2-4-6-17;;;/h2-6,15-16,19H,7-14H2,1H3,(H,20,23);3*1H. The lowest BCUT2D eigenvalue weighted by atomic mass is 10.1. The molecule has 26 heavy (non-hydrogen) atoms. The minimum atomic E-state index is 0. The van der Waals surface area contributed by atoms with E-state index in [0.29, 0.717) is 0 Å². The molecule has 2 aliphatic heterocycles. The average molecular weight is 426 g/mol. The molecule has 2 saturated heterocycles. The van der Waals surface area contributed by atoms with Gasteiger partial charge in [-0.25, -0.2) is 0 Å². The van der Waals surface area contributed by atoms with E-state index in [9.17, 15) is 4.79 Å². The molecule has 1 aromatic rings. The van der Waals surface area contributed by atoms with Crippen LogP contribution in [0.5, 0.6) is 0 Å². The topological polar surface area (TPSA) is 47.6 Å². The number of anilines is 1. The molecule has 2 N–H and O–H groups in total. The van der Waals surface area contributed by atoms with Gasteiger partial charge in [-0.05, 0) is 32.0 Å². The lowest BCUT2D eigenvalue weighted by Gasteiger charge is -2.37. The van der Waals surface area contributed by atoms with Gasteiger partial charge in [0.2, 0.25) is 5.91 Å². The zero-order valence-corrected chi connectivity index (χ0v) is 17.7. The normalized spacial score (nSPS) is 21.0. The SMILES string of the molecule is CC(CN1CCN(c2ccccc2)CC1)NC(=O)C1CCNC1.Cl.Cl.Cl. The molecule has 2 unspecified atom stereocenters. The van der Waals surface area contributed by atoms with Crippen molar-refractivity contribution in [2.24, 2.45) is 5.92 Å². The van der Waals surface area contributed by atoms with E-state index < -0.39 is 0 Å². The summed E-state index contributed by atoms with van der Waals surface area (Å²) in [4.78, 5) is 17.0. The molecule has 150 valence electrons. The summed E-state index contributed by atoms with van der Waals surface area (Å²) in [6, 6.07) is 10.8. The first-order valence-electron chi connectivity index (χ1n) is 8.76. The number of nitrogens with zero attached hydrogens (tertiary/aromatic N) is 2. The van der Waals surface area contributed by atoms with E-state index in [2.05, 4.69) is 57.7 Å². The molecule has 0 aromatic heterocycles. The predicted molar refractivity (Wildman–Crippen MR) is 115 cm³/mol. The fourth-order valence-electron chi connectivity index (χ4n) is 3.50. The van der Waals surface area contributed by atoms with Gasteiger partial charge in [-0.2, -0.15) is 0 Å². The van der Waals surface area contributed by atoms with Crippen LogP contribution in [0.1, 0.15) is 13.3 Å². The number of carbonyl (C=O) groups is 1. The van der Waals surface area contributed by atoms with Gasteiger partial charge in [0, 0.05) is 51.0 Å². The van der Waals surface area contributed by atoms with Crippen LogP contribution in [-0.2, 0) is 4.79 Å². The Bertz CT molecular complexity index is 506. The first-order valence-corrected chi connectivity index (χ1v) is 8.76. The van der Waals surface area contributed by atoms with Crippen LogP contribution in [0.4, 0.5) is 5.69 Å². The van der Waals surface area contributed by atoms with Crippen LogP contribution in [0.3, 0.4) is 0 Å². The third kappa shape index (κ3) is 7.12. The Kier molecular flexibility index (Phi) is 12.3. The number of halogens is 3. The highest BCUT2D eigenvalue weighted by Gasteiger charge is 2.24. The number of hydrogen-bond acceptors (Lipinski definition) is 4. The molecule has 0 radical (unpaired) electrons. The molecule has 1 aromatic carbocycles. The van der Waals surface area contributed by atoms with Crippen LogP contribution in [0.25, 0.3) is 0 Å². The van der Waals surface area contributed by atoms with Crippen molar-refractivity contribution in [2.45, 2.75) is 19.4 Å². The summed E-state index contributed by atoms with van der Waals surface area (Å²) < 4.78 is 0. The monoisotopic (exact) mass is 424 g/mol. The van der Waals surface area contributed by atoms with Gasteiger partial charge in [0.1, 0.15) is 0 Å². The molecular formula is C18H31Cl3N4O. The maximum atomic E-state index is 12.2. The molecular weight excluding hydrogens is 395 g/mol. The van der Waals surface area contributed by atoms with Gasteiger partial charge in [0.25, 0.3) is 0 Å². The van der Waals surface area contributed by atoms with E-state index in [1.165, 1.54) is 5.69 Å². The van der Waals surface area contributed by atoms with Crippen LogP contribution in [0.2, 0.25) is 0 Å². The van der Waals surface area contributed by atoms with E-state index in [4.69, 9.17) is 0 Å². The molecule has 2 atom stereocenters. The highest BCUT2D eigenvalue weighted by Crippen LogP contribution is 2.15. The molecule has 0 aliphatic carbocycles. The second-order valence-corrected chi connectivity index (χ2v) is 6.72. The number of amides is 1. The molecule has 2 heterocycles. The van der Waals surface area contributed by atoms with Gasteiger partial charge < -0.3 is 15.5 Å². The molecule has 0 spiro atoms. The molecule has 5 nitrogen and oxygen atoms in total. The number of nitrogens with one attached hydrogen (secondary N) is 2. The molecule has 3 rings (SSSR count). The largest absolute Gasteiger partial charge is 0.369 e. The maximum Gasteiger partial charge on any atom is 0.224 e. The van der Waals surface area contributed by atoms with Crippen molar-refractivity contribution in [1.82, 2.24) is 15.5 Å². The Balaban J connectivity index is 0.00000208. The van der Waals surface area contributed by atoms with Crippen LogP contribution in [0.15, 0.2) is 30.3 Å². The third-order valence-corrected chi connectivity index (χ3v) is 4.85. The quantitative estimate of drug-likeness (QED) is 0.759. The van der Waals surface area contributed by atoms with E-state index in [1.807, 2.05) is 0 Å². The van der Waals surface area contributed by atoms with E-state index >= 15 is 0 Å². The van der Waals surface area contributed by atoms with Crippen molar-refractivity contribution in [3.8, 4) is 0 Å². The van der Waals surface area contributed by atoms with Gasteiger partial charge in [-0.3, -0.25) is 9.69 Å². The summed E-state index contributed by atoms with van der Waals surface area (Å²) in [5, 5.41) is 6.43. The minimum absolute atomic E-state index is 0. The highest BCUT2D eigenvalue weighted by molar-refractivity contribution is 5.86. The second-order valence-electron chi connectivity index (χ2n) is 6.72. The zero-order valence-electron chi connectivity index (χ0n) is 15.2. The molecule has 8 heteroatoms. The third-order valence-electron chi connectivity index (χ3n) is 4.85. The smallest absolute Gasteiger partial charge is 0.224 e. The summed E-state index contributed by atoms with van der Waals surface area (Å²) in [6.07, 6.45) is 0.967. The predicted octanol–water partition coefficient (Wildman–Crippen LogP) is 2.19. The van der Waals surface area contributed by atoms with Crippen LogP contribution in [-0.4, -0.2) is 62.7 Å². The molecule has 2 fully saturated rings. The van der Waals surface area contributed by atoms with Crippen molar-refractivity contribution in [2.75, 3.05) is 50.7 Å². The summed E-state index contributed by atoms with van der Waals surface area (Å²) in [5.74, 6) is 0.373. The number of hydrogen-bond donors (Lipinski definition) is 2. The second kappa shape index (κ2) is 12.6. The first-order chi connectivity index (χ1) is 11.2. The number of piperazine rings is 1. The van der Waals surface area contributed by atoms with E-state index in [0.717, 1.165) is 52.2 Å². The average Bonchev–Trinajstić information content (AvgIpc) is 3.11. The van der Waals surface area contributed by atoms with Gasteiger partial charge in [0.15, 0.2) is 0 Å². The van der Waals surface area contributed by atoms with Crippen molar-refractivity contribution in [1.29, 1.82) is 0 Å². The zero-order chi connectivity index (χ0) is 16.1. The van der Waals surface area contributed by atoms with Crippen molar-refractivity contribution in [3.63, 3.8) is 0 Å². The van der Waals surface area contributed by atoms with Gasteiger partial charge in [-0.1, -0.05) is 18.2 Å².